The molecular formula is C10H16N4. The fraction of sp³-hybridized carbons (Fsp3) is 0.400. The van der Waals surface area contributed by atoms with Crippen LogP contribution in [0.25, 0.3) is 0 Å². The normalized spacial score (nSPS) is 9.93. The number of anilines is 1. The summed E-state index contributed by atoms with van der Waals surface area (Å²) in [5, 5.41) is 7.43. The van der Waals surface area contributed by atoms with E-state index in [1.165, 1.54) is 0 Å². The first-order valence-electron chi connectivity index (χ1n) is 4.58. The van der Waals surface area contributed by atoms with Crippen LogP contribution >= 0.6 is 0 Å². The van der Waals surface area contributed by atoms with Crippen molar-refractivity contribution in [1.82, 2.24) is 4.98 Å². The molecule has 0 spiro atoms. The minimum Gasteiger partial charge on any atom is -0.384 e. The van der Waals surface area contributed by atoms with Crippen LogP contribution in [0.4, 0.5) is 5.69 Å². The molecule has 0 saturated carbocycles. The number of aromatic nitrogens is 1. The Morgan fingerprint density at radius 2 is 2.29 bits per heavy atom. The lowest BCUT2D eigenvalue weighted by Gasteiger charge is -2.20. The Hall–Kier alpha value is -1.58. The highest BCUT2D eigenvalue weighted by Crippen LogP contribution is 2.18. The Balaban J connectivity index is 3.22. The molecule has 14 heavy (non-hydrogen) atoms. The Bertz CT molecular complexity index is 346. The highest BCUT2D eigenvalue weighted by atomic mass is 15.1. The van der Waals surface area contributed by atoms with Gasteiger partial charge in [-0.15, -0.1) is 0 Å². The molecule has 0 saturated heterocycles. The third-order valence-corrected chi connectivity index (χ3v) is 2.19. The van der Waals surface area contributed by atoms with Gasteiger partial charge in [0.15, 0.2) is 0 Å². The predicted molar refractivity (Wildman–Crippen MR) is 58.9 cm³/mol. The summed E-state index contributed by atoms with van der Waals surface area (Å²) in [6, 6.07) is 1.94. The van der Waals surface area contributed by atoms with Crippen LogP contribution in [0, 0.1) is 12.3 Å². The number of amidine groups is 1. The van der Waals surface area contributed by atoms with Gasteiger partial charge in [-0.05, 0) is 19.9 Å². The fourth-order valence-electron chi connectivity index (χ4n) is 1.24. The van der Waals surface area contributed by atoms with Crippen LogP contribution in [0.3, 0.4) is 0 Å². The van der Waals surface area contributed by atoms with Gasteiger partial charge >= 0.3 is 0 Å². The molecule has 0 fully saturated rings. The number of nitrogen functional groups attached to an aromatic ring is 1. The van der Waals surface area contributed by atoms with Crippen LogP contribution < -0.4 is 10.6 Å². The van der Waals surface area contributed by atoms with Crippen molar-refractivity contribution < 1.29 is 0 Å². The van der Waals surface area contributed by atoms with Gasteiger partial charge in [0, 0.05) is 25.5 Å². The summed E-state index contributed by atoms with van der Waals surface area (Å²) in [5.74, 6) is 0.0628. The average Bonchev–Trinajstić information content (AvgIpc) is 2.16. The molecule has 1 aromatic heterocycles. The van der Waals surface area contributed by atoms with E-state index in [0.29, 0.717) is 5.56 Å². The van der Waals surface area contributed by atoms with Gasteiger partial charge in [-0.25, -0.2) is 0 Å². The lowest BCUT2D eigenvalue weighted by Crippen LogP contribution is -2.22. The van der Waals surface area contributed by atoms with Gasteiger partial charge in [0.25, 0.3) is 0 Å². The van der Waals surface area contributed by atoms with Gasteiger partial charge in [0.2, 0.25) is 0 Å². The molecule has 1 rings (SSSR count). The summed E-state index contributed by atoms with van der Waals surface area (Å²) in [6.07, 6.45) is 1.65. The molecule has 0 aromatic carbocycles. The molecule has 1 heterocycles. The Morgan fingerprint density at radius 1 is 1.64 bits per heavy atom. The number of pyridine rings is 1. The number of nitrogens with one attached hydrogen (secondary N) is 1. The summed E-state index contributed by atoms with van der Waals surface area (Å²) in [6.45, 7) is 4.86. The van der Waals surface area contributed by atoms with E-state index in [2.05, 4.69) is 11.9 Å². The van der Waals surface area contributed by atoms with Gasteiger partial charge in [-0.2, -0.15) is 0 Å². The molecule has 4 nitrogen and oxygen atoms in total. The quantitative estimate of drug-likeness (QED) is 0.557. The van der Waals surface area contributed by atoms with E-state index >= 15 is 0 Å². The Labute approximate surface area is 84.3 Å². The molecule has 1 aromatic rings. The largest absolute Gasteiger partial charge is 0.384 e. The molecule has 76 valence electrons. The second-order valence-electron chi connectivity index (χ2n) is 3.27. The molecular weight excluding hydrogens is 176 g/mol. The lowest BCUT2D eigenvalue weighted by atomic mass is 10.2. The highest BCUT2D eigenvalue weighted by Gasteiger charge is 2.09. The Kier molecular flexibility index (Phi) is 3.06. The van der Waals surface area contributed by atoms with Crippen molar-refractivity contribution in [2.75, 3.05) is 18.5 Å². The van der Waals surface area contributed by atoms with Gasteiger partial charge in [0.1, 0.15) is 5.84 Å². The Morgan fingerprint density at radius 3 is 2.79 bits per heavy atom. The number of hydrogen-bond donors (Lipinski definition) is 2. The van der Waals surface area contributed by atoms with E-state index in [0.717, 1.165) is 17.9 Å². The minimum absolute atomic E-state index is 0.0628. The van der Waals surface area contributed by atoms with Crippen LogP contribution in [0.1, 0.15) is 18.2 Å². The minimum atomic E-state index is 0.0628. The van der Waals surface area contributed by atoms with E-state index < -0.39 is 0 Å². The number of nitrogens with two attached hydrogens (primary N) is 1. The average molecular weight is 192 g/mol. The van der Waals surface area contributed by atoms with Crippen molar-refractivity contribution in [3.63, 3.8) is 0 Å². The maximum absolute atomic E-state index is 7.43. The first-order valence-corrected chi connectivity index (χ1v) is 4.58. The number of nitrogens with zero attached hydrogens (tertiary/aromatic N) is 2. The fourth-order valence-corrected chi connectivity index (χ4v) is 1.24. The van der Waals surface area contributed by atoms with Gasteiger partial charge < -0.3 is 10.6 Å². The second-order valence-corrected chi connectivity index (χ2v) is 3.27. The molecule has 0 aliphatic carbocycles. The predicted octanol–water partition coefficient (Wildman–Crippen LogP) is 1.13. The summed E-state index contributed by atoms with van der Waals surface area (Å²) < 4.78 is 0. The highest BCUT2D eigenvalue weighted by molar-refractivity contribution is 6.00. The lowest BCUT2D eigenvalue weighted by molar-refractivity contribution is 0.958. The zero-order chi connectivity index (χ0) is 10.7. The molecule has 0 radical (unpaired) electrons. The van der Waals surface area contributed by atoms with Crippen molar-refractivity contribution in [1.29, 1.82) is 5.41 Å². The topological polar surface area (TPSA) is 66.0 Å². The summed E-state index contributed by atoms with van der Waals surface area (Å²) >= 11 is 0. The zero-order valence-electron chi connectivity index (χ0n) is 8.83. The summed E-state index contributed by atoms with van der Waals surface area (Å²) in [4.78, 5) is 6.18. The van der Waals surface area contributed by atoms with Crippen LogP contribution in [-0.2, 0) is 0 Å². The van der Waals surface area contributed by atoms with E-state index in [1.54, 1.807) is 6.20 Å². The molecule has 0 aliphatic rings. The molecule has 0 atom stereocenters. The third-order valence-electron chi connectivity index (χ3n) is 2.19. The van der Waals surface area contributed by atoms with Crippen molar-refractivity contribution in [2.24, 2.45) is 5.73 Å². The van der Waals surface area contributed by atoms with E-state index in [4.69, 9.17) is 11.1 Å². The monoisotopic (exact) mass is 192 g/mol. The van der Waals surface area contributed by atoms with E-state index in [1.807, 2.05) is 24.9 Å². The number of hydrogen-bond acceptors (Lipinski definition) is 3. The van der Waals surface area contributed by atoms with Gasteiger partial charge in [0.05, 0.1) is 11.3 Å². The van der Waals surface area contributed by atoms with Crippen LogP contribution in [0.15, 0.2) is 12.3 Å². The molecule has 3 N–H and O–H groups in total. The van der Waals surface area contributed by atoms with Crippen molar-refractivity contribution in [3.8, 4) is 0 Å². The first-order chi connectivity index (χ1) is 6.56. The third kappa shape index (κ3) is 2.02. The zero-order valence-corrected chi connectivity index (χ0v) is 8.83. The van der Waals surface area contributed by atoms with E-state index in [9.17, 15) is 0 Å². The van der Waals surface area contributed by atoms with Crippen LogP contribution in [0.5, 0.6) is 0 Å². The second kappa shape index (κ2) is 4.09. The maximum Gasteiger partial charge on any atom is 0.126 e. The summed E-state index contributed by atoms with van der Waals surface area (Å²) in [7, 11) is 1.97. The SMILES string of the molecule is CCN(C)c1cc(C)ncc1C(=N)N. The van der Waals surface area contributed by atoms with Crippen LogP contribution in [-0.4, -0.2) is 24.4 Å². The van der Waals surface area contributed by atoms with Crippen molar-refractivity contribution >= 4 is 11.5 Å². The summed E-state index contributed by atoms with van der Waals surface area (Å²) in [5.41, 5.74) is 8.07. The number of aryl methyl sites for hydroxylation is 1. The smallest absolute Gasteiger partial charge is 0.126 e. The molecule has 0 aliphatic heterocycles. The molecule has 0 bridgehead atoms. The maximum atomic E-state index is 7.43. The van der Waals surface area contributed by atoms with Crippen molar-refractivity contribution in [2.45, 2.75) is 13.8 Å². The first kappa shape index (κ1) is 10.5. The van der Waals surface area contributed by atoms with E-state index in [-0.39, 0.29) is 5.84 Å². The van der Waals surface area contributed by atoms with Gasteiger partial charge in [-0.1, -0.05) is 0 Å². The standard InChI is InChI=1S/C10H16N4/c1-4-14(3)9-5-7(2)13-6-8(9)10(11)12/h5-6H,4H2,1-3H3,(H3,11,12). The van der Waals surface area contributed by atoms with Gasteiger partial charge in [-0.3, -0.25) is 10.4 Å². The molecule has 0 unspecified atom stereocenters. The molecule has 0 amide bonds. The molecule has 4 heteroatoms. The number of rotatable bonds is 3. The van der Waals surface area contributed by atoms with Crippen LogP contribution in [0.2, 0.25) is 0 Å². The van der Waals surface area contributed by atoms with Crippen molar-refractivity contribution in [3.05, 3.63) is 23.5 Å².